The summed E-state index contributed by atoms with van der Waals surface area (Å²) in [6, 6.07) is 10.4. The molecule has 1 aliphatic rings. The Hall–Kier alpha value is -1.16. The molecular formula is C15H16O2S. The Labute approximate surface area is 111 Å². The number of benzene rings is 1. The third-order valence-electron chi connectivity index (χ3n) is 3.37. The van der Waals surface area contributed by atoms with Crippen molar-refractivity contribution in [2.24, 2.45) is 0 Å². The summed E-state index contributed by atoms with van der Waals surface area (Å²) in [6.07, 6.45) is 1.34. The zero-order valence-electron chi connectivity index (χ0n) is 10.1. The van der Waals surface area contributed by atoms with Gasteiger partial charge in [-0.05, 0) is 41.0 Å². The number of ether oxygens (including phenoxy) is 1. The predicted octanol–water partition coefficient (Wildman–Crippen LogP) is 3.44. The lowest BCUT2D eigenvalue weighted by molar-refractivity contribution is 0.134. The highest BCUT2D eigenvalue weighted by molar-refractivity contribution is 7.09. The molecule has 1 aromatic heterocycles. The first-order chi connectivity index (χ1) is 8.83. The van der Waals surface area contributed by atoms with Crippen LogP contribution in [0, 0.1) is 0 Å². The van der Waals surface area contributed by atoms with Crippen molar-refractivity contribution in [3.63, 3.8) is 0 Å². The van der Waals surface area contributed by atoms with Crippen LogP contribution in [0.4, 0.5) is 0 Å². The Balaban J connectivity index is 1.67. The van der Waals surface area contributed by atoms with Crippen LogP contribution in [0.3, 0.4) is 0 Å². The molecule has 0 amide bonds. The van der Waals surface area contributed by atoms with Gasteiger partial charge >= 0.3 is 0 Å². The lowest BCUT2D eigenvalue weighted by Gasteiger charge is -2.11. The van der Waals surface area contributed by atoms with Gasteiger partial charge in [0.2, 0.25) is 0 Å². The number of thiophene rings is 1. The molecule has 0 saturated heterocycles. The Morgan fingerprint density at radius 2 is 2.11 bits per heavy atom. The van der Waals surface area contributed by atoms with Gasteiger partial charge in [-0.2, -0.15) is 0 Å². The molecule has 94 valence electrons. The summed E-state index contributed by atoms with van der Waals surface area (Å²) in [7, 11) is 0. The third kappa shape index (κ3) is 2.48. The van der Waals surface area contributed by atoms with Crippen LogP contribution in [0.25, 0.3) is 0 Å². The van der Waals surface area contributed by atoms with Gasteiger partial charge in [-0.1, -0.05) is 24.3 Å². The normalized spacial score (nSPS) is 15.6. The van der Waals surface area contributed by atoms with Crippen molar-refractivity contribution in [2.75, 3.05) is 0 Å². The molecule has 1 aliphatic heterocycles. The van der Waals surface area contributed by atoms with Gasteiger partial charge in [-0.25, -0.2) is 0 Å². The van der Waals surface area contributed by atoms with Gasteiger partial charge in [-0.15, -0.1) is 11.3 Å². The van der Waals surface area contributed by atoms with Crippen molar-refractivity contribution in [1.82, 2.24) is 0 Å². The van der Waals surface area contributed by atoms with Crippen molar-refractivity contribution in [3.05, 3.63) is 57.3 Å². The molecule has 2 heterocycles. The van der Waals surface area contributed by atoms with Gasteiger partial charge < -0.3 is 9.84 Å². The third-order valence-corrected chi connectivity index (χ3v) is 4.31. The quantitative estimate of drug-likeness (QED) is 0.912. The molecule has 1 unspecified atom stereocenters. The summed E-state index contributed by atoms with van der Waals surface area (Å²) in [5, 5.41) is 12.3. The Bertz CT molecular complexity index is 519. The van der Waals surface area contributed by atoms with E-state index in [2.05, 4.69) is 29.6 Å². The topological polar surface area (TPSA) is 29.5 Å². The number of fused-ring (bicyclic) bond motifs is 1. The largest absolute Gasteiger partial charge is 0.388 e. The Kier molecular flexibility index (Phi) is 3.46. The van der Waals surface area contributed by atoms with Crippen LogP contribution < -0.4 is 0 Å². The zero-order chi connectivity index (χ0) is 12.4. The van der Waals surface area contributed by atoms with Crippen LogP contribution in [0.2, 0.25) is 0 Å². The van der Waals surface area contributed by atoms with Crippen LogP contribution in [-0.4, -0.2) is 5.11 Å². The van der Waals surface area contributed by atoms with Gasteiger partial charge in [0.05, 0.1) is 19.3 Å². The van der Waals surface area contributed by atoms with Gasteiger partial charge in [0.1, 0.15) is 0 Å². The predicted molar refractivity (Wildman–Crippen MR) is 72.5 cm³/mol. The van der Waals surface area contributed by atoms with Gasteiger partial charge in [0, 0.05) is 4.88 Å². The first kappa shape index (κ1) is 11.9. The highest BCUT2D eigenvalue weighted by Crippen LogP contribution is 2.26. The summed E-state index contributed by atoms with van der Waals surface area (Å²) >= 11 is 1.75. The number of rotatable bonds is 4. The van der Waals surface area contributed by atoms with E-state index in [4.69, 9.17) is 4.74 Å². The van der Waals surface area contributed by atoms with E-state index in [0.29, 0.717) is 13.2 Å². The molecule has 1 aromatic carbocycles. The van der Waals surface area contributed by atoms with Crippen LogP contribution in [0.5, 0.6) is 0 Å². The summed E-state index contributed by atoms with van der Waals surface area (Å²) in [6.45, 7) is 1.39. The maximum atomic E-state index is 10.2. The van der Waals surface area contributed by atoms with E-state index < -0.39 is 0 Å². The molecule has 1 N–H and O–H groups in total. The van der Waals surface area contributed by atoms with Gasteiger partial charge in [0.15, 0.2) is 0 Å². The Morgan fingerprint density at radius 3 is 2.94 bits per heavy atom. The minimum atomic E-state index is -0.377. The molecule has 18 heavy (non-hydrogen) atoms. The van der Waals surface area contributed by atoms with E-state index >= 15 is 0 Å². The van der Waals surface area contributed by atoms with Gasteiger partial charge in [0.25, 0.3) is 0 Å². The van der Waals surface area contributed by atoms with E-state index in [1.807, 2.05) is 6.07 Å². The molecule has 0 aliphatic carbocycles. The second-order valence-corrected chi connectivity index (χ2v) is 5.69. The average Bonchev–Trinajstić information content (AvgIpc) is 3.05. The van der Waals surface area contributed by atoms with Crippen molar-refractivity contribution in [3.8, 4) is 0 Å². The number of aryl methyl sites for hydroxylation is 1. The summed E-state index contributed by atoms with van der Waals surface area (Å²) in [4.78, 5) is 1.33. The first-order valence-corrected chi connectivity index (χ1v) is 7.11. The van der Waals surface area contributed by atoms with E-state index in [0.717, 1.165) is 18.4 Å². The molecular weight excluding hydrogens is 244 g/mol. The molecule has 0 saturated carbocycles. The van der Waals surface area contributed by atoms with Crippen molar-refractivity contribution < 1.29 is 9.84 Å². The van der Waals surface area contributed by atoms with E-state index in [1.54, 1.807) is 11.3 Å². The number of hydrogen-bond acceptors (Lipinski definition) is 3. The molecule has 0 bridgehead atoms. The molecule has 3 heteroatoms. The standard InChI is InChI=1S/C15H16O2S/c16-15(6-5-14-2-1-7-18-14)11-3-4-12-9-17-10-13(12)8-11/h1-4,7-8,15-16H,5-6,9-10H2. The fourth-order valence-electron chi connectivity index (χ4n) is 2.30. The van der Waals surface area contributed by atoms with Gasteiger partial charge in [-0.3, -0.25) is 0 Å². The SMILES string of the molecule is OC(CCc1cccs1)c1ccc2c(c1)COC2. The molecule has 0 fully saturated rings. The van der Waals surface area contributed by atoms with E-state index in [-0.39, 0.29) is 6.10 Å². The number of aliphatic hydroxyl groups excluding tert-OH is 1. The van der Waals surface area contributed by atoms with Crippen LogP contribution in [0.15, 0.2) is 35.7 Å². The summed E-state index contributed by atoms with van der Waals surface area (Å²) in [5.74, 6) is 0. The second kappa shape index (κ2) is 5.22. The maximum Gasteiger partial charge on any atom is 0.0793 e. The zero-order valence-corrected chi connectivity index (χ0v) is 11.0. The molecule has 2 aromatic rings. The maximum absolute atomic E-state index is 10.2. The smallest absolute Gasteiger partial charge is 0.0793 e. The van der Waals surface area contributed by atoms with E-state index in [9.17, 15) is 5.11 Å². The van der Waals surface area contributed by atoms with Crippen molar-refractivity contribution in [1.29, 1.82) is 0 Å². The van der Waals surface area contributed by atoms with Crippen LogP contribution >= 0.6 is 11.3 Å². The highest BCUT2D eigenvalue weighted by Gasteiger charge is 2.14. The van der Waals surface area contributed by atoms with Crippen molar-refractivity contribution in [2.45, 2.75) is 32.2 Å². The van der Waals surface area contributed by atoms with Crippen molar-refractivity contribution >= 4 is 11.3 Å². The van der Waals surface area contributed by atoms with Crippen LogP contribution in [-0.2, 0) is 24.4 Å². The minimum absolute atomic E-state index is 0.377. The minimum Gasteiger partial charge on any atom is -0.388 e. The molecule has 0 radical (unpaired) electrons. The van der Waals surface area contributed by atoms with Crippen LogP contribution in [0.1, 0.15) is 34.1 Å². The lowest BCUT2D eigenvalue weighted by atomic mass is 10.00. The fraction of sp³-hybridized carbons (Fsp3) is 0.333. The molecule has 0 spiro atoms. The molecule has 3 rings (SSSR count). The Morgan fingerprint density at radius 1 is 1.22 bits per heavy atom. The number of hydrogen-bond donors (Lipinski definition) is 1. The highest BCUT2D eigenvalue weighted by atomic mass is 32.1. The van der Waals surface area contributed by atoms with E-state index in [1.165, 1.54) is 16.0 Å². The molecule has 1 atom stereocenters. The fourth-order valence-corrected chi connectivity index (χ4v) is 3.02. The lowest BCUT2D eigenvalue weighted by Crippen LogP contribution is -2.00. The second-order valence-electron chi connectivity index (χ2n) is 4.65. The summed E-state index contributed by atoms with van der Waals surface area (Å²) in [5.41, 5.74) is 3.49. The monoisotopic (exact) mass is 260 g/mol. The molecule has 2 nitrogen and oxygen atoms in total. The number of aliphatic hydroxyl groups is 1. The average molecular weight is 260 g/mol. The first-order valence-electron chi connectivity index (χ1n) is 6.23. The summed E-state index contributed by atoms with van der Waals surface area (Å²) < 4.78 is 5.39.